The maximum Gasteiger partial charge on any atom is 0.326 e. The zero-order valence-electron chi connectivity index (χ0n) is 14.4. The number of likely N-dealkylation sites (tertiary alicyclic amines) is 1. The quantitative estimate of drug-likeness (QED) is 0.631. The number of carboxylic acids is 1. The Hall–Kier alpha value is -1.96. The molecule has 3 aliphatic rings. The first kappa shape index (κ1) is 17.8. The predicted molar refractivity (Wildman–Crippen MR) is 85.2 cm³/mol. The van der Waals surface area contributed by atoms with Crippen molar-refractivity contribution < 1.29 is 29.0 Å². The summed E-state index contributed by atoms with van der Waals surface area (Å²) in [7, 11) is 0. The van der Waals surface area contributed by atoms with Crippen LogP contribution in [-0.2, 0) is 23.9 Å². The van der Waals surface area contributed by atoms with Gasteiger partial charge in [0, 0.05) is 13.0 Å². The summed E-state index contributed by atoms with van der Waals surface area (Å²) in [6, 6.07) is -0.957. The molecule has 0 radical (unpaired) electrons. The van der Waals surface area contributed by atoms with E-state index in [1.807, 2.05) is 13.8 Å². The van der Waals surface area contributed by atoms with Crippen molar-refractivity contribution in [3.8, 4) is 0 Å². The van der Waals surface area contributed by atoms with E-state index in [0.29, 0.717) is 6.42 Å². The van der Waals surface area contributed by atoms with E-state index in [9.17, 15) is 19.2 Å². The molecule has 3 rings (SSSR count). The Bertz CT molecular complexity index is 576. The van der Waals surface area contributed by atoms with Crippen LogP contribution in [0.4, 0.5) is 0 Å². The minimum absolute atomic E-state index is 0.00996. The average molecular weight is 352 g/mol. The van der Waals surface area contributed by atoms with Crippen LogP contribution in [0.5, 0.6) is 0 Å². The summed E-state index contributed by atoms with van der Waals surface area (Å²) < 4.78 is 5.66. The molecule has 3 fully saturated rings. The number of hydrogen-bond acceptors (Lipinski definition) is 5. The second-order valence-electron chi connectivity index (χ2n) is 7.51. The lowest BCUT2D eigenvalue weighted by Gasteiger charge is -2.19. The van der Waals surface area contributed by atoms with E-state index in [4.69, 9.17) is 9.84 Å². The summed E-state index contributed by atoms with van der Waals surface area (Å²) in [5, 5.41) is 11.6. The monoisotopic (exact) mass is 352 g/mol. The molecule has 8 heteroatoms. The van der Waals surface area contributed by atoms with Crippen LogP contribution in [-0.4, -0.2) is 58.5 Å². The van der Waals surface area contributed by atoms with Crippen molar-refractivity contribution in [3.63, 3.8) is 0 Å². The fourth-order valence-electron chi connectivity index (χ4n) is 4.17. The molecule has 0 aromatic rings. The standard InChI is InChI=1S/C17H24N2O6/c1-8(2)7-9(17(23)24)18-12(20)5-6-19-15(21)13-10-3-4-11(25-10)14(13)16(19)22/h8-11,13-14H,3-7H2,1-2H3,(H,18,20)(H,23,24). The molecular formula is C17H24N2O6. The summed E-state index contributed by atoms with van der Waals surface area (Å²) in [6.07, 6.45) is 1.49. The minimum atomic E-state index is -1.08. The maximum atomic E-state index is 12.5. The van der Waals surface area contributed by atoms with Crippen molar-refractivity contribution in [3.05, 3.63) is 0 Å². The Kier molecular flexibility index (Phi) is 4.81. The highest BCUT2D eigenvalue weighted by Gasteiger charge is 2.62. The second-order valence-corrected chi connectivity index (χ2v) is 7.51. The smallest absolute Gasteiger partial charge is 0.326 e. The lowest BCUT2D eigenvalue weighted by Crippen LogP contribution is -2.43. The average Bonchev–Trinajstić information content (AvgIpc) is 3.19. The summed E-state index contributed by atoms with van der Waals surface area (Å²) in [6.45, 7) is 3.74. The fraction of sp³-hybridized carbons (Fsp3) is 0.765. The zero-order chi connectivity index (χ0) is 18.3. The van der Waals surface area contributed by atoms with Crippen LogP contribution in [0.1, 0.15) is 39.5 Å². The highest BCUT2D eigenvalue weighted by Crippen LogP contribution is 2.48. The number of nitrogens with one attached hydrogen (secondary N) is 1. The summed E-state index contributed by atoms with van der Waals surface area (Å²) in [4.78, 5) is 49.4. The molecule has 0 spiro atoms. The van der Waals surface area contributed by atoms with Crippen LogP contribution >= 0.6 is 0 Å². The topological polar surface area (TPSA) is 113 Å². The number of carboxylic acid groups (broad SMARTS) is 1. The van der Waals surface area contributed by atoms with Crippen molar-refractivity contribution in [2.75, 3.05) is 6.54 Å². The van der Waals surface area contributed by atoms with Gasteiger partial charge in [0.15, 0.2) is 0 Å². The third-order valence-corrected chi connectivity index (χ3v) is 5.28. The molecule has 0 aliphatic carbocycles. The molecule has 2 N–H and O–H groups in total. The van der Waals surface area contributed by atoms with Crippen LogP contribution in [0.25, 0.3) is 0 Å². The highest BCUT2D eigenvalue weighted by molar-refractivity contribution is 6.06. The zero-order valence-corrected chi connectivity index (χ0v) is 14.4. The van der Waals surface area contributed by atoms with Crippen molar-refractivity contribution in [2.24, 2.45) is 17.8 Å². The Balaban J connectivity index is 1.55. The Morgan fingerprint density at radius 3 is 2.24 bits per heavy atom. The lowest BCUT2D eigenvalue weighted by atomic mass is 9.81. The molecule has 8 nitrogen and oxygen atoms in total. The van der Waals surface area contributed by atoms with Gasteiger partial charge in [0.1, 0.15) is 6.04 Å². The first-order valence-corrected chi connectivity index (χ1v) is 8.82. The molecule has 3 saturated heterocycles. The van der Waals surface area contributed by atoms with E-state index in [2.05, 4.69) is 5.32 Å². The van der Waals surface area contributed by atoms with Crippen LogP contribution in [0.2, 0.25) is 0 Å². The van der Waals surface area contributed by atoms with Crippen LogP contribution in [0, 0.1) is 17.8 Å². The molecule has 5 atom stereocenters. The lowest BCUT2D eigenvalue weighted by molar-refractivity contribution is -0.144. The number of rotatable bonds is 7. The van der Waals surface area contributed by atoms with Gasteiger partial charge in [0.2, 0.25) is 17.7 Å². The summed E-state index contributed by atoms with van der Waals surface area (Å²) in [5.74, 6) is -2.75. The molecule has 138 valence electrons. The van der Waals surface area contributed by atoms with Gasteiger partial charge in [-0.25, -0.2) is 4.79 Å². The Morgan fingerprint density at radius 2 is 1.76 bits per heavy atom. The van der Waals surface area contributed by atoms with E-state index < -0.39 is 29.8 Å². The molecule has 25 heavy (non-hydrogen) atoms. The third-order valence-electron chi connectivity index (χ3n) is 5.28. The molecule has 0 aromatic heterocycles. The predicted octanol–water partition coefficient (Wildman–Crippen LogP) is 0.154. The van der Waals surface area contributed by atoms with Gasteiger partial charge in [-0.2, -0.15) is 0 Å². The van der Waals surface area contributed by atoms with Gasteiger partial charge in [0.25, 0.3) is 0 Å². The second kappa shape index (κ2) is 6.74. The Morgan fingerprint density at radius 1 is 1.20 bits per heavy atom. The van der Waals surface area contributed by atoms with E-state index in [1.165, 1.54) is 0 Å². The van der Waals surface area contributed by atoms with Gasteiger partial charge in [-0.15, -0.1) is 0 Å². The van der Waals surface area contributed by atoms with Gasteiger partial charge in [-0.3, -0.25) is 19.3 Å². The van der Waals surface area contributed by atoms with E-state index in [0.717, 1.165) is 17.7 Å². The number of nitrogens with zero attached hydrogens (tertiary/aromatic N) is 1. The van der Waals surface area contributed by atoms with Gasteiger partial charge in [-0.05, 0) is 25.2 Å². The van der Waals surface area contributed by atoms with Gasteiger partial charge in [0.05, 0.1) is 24.0 Å². The van der Waals surface area contributed by atoms with Crippen LogP contribution in [0.3, 0.4) is 0 Å². The molecule has 3 aliphatic heterocycles. The minimum Gasteiger partial charge on any atom is -0.480 e. The third kappa shape index (κ3) is 3.27. The number of ether oxygens (including phenoxy) is 1. The number of hydrogen-bond donors (Lipinski definition) is 2. The first-order chi connectivity index (χ1) is 11.8. The van der Waals surface area contributed by atoms with Crippen LogP contribution in [0.15, 0.2) is 0 Å². The number of carbonyl (C=O) groups excluding carboxylic acids is 3. The molecular weight excluding hydrogens is 328 g/mol. The van der Waals surface area contributed by atoms with Gasteiger partial charge < -0.3 is 15.2 Å². The molecule has 0 saturated carbocycles. The van der Waals surface area contributed by atoms with Gasteiger partial charge >= 0.3 is 5.97 Å². The van der Waals surface area contributed by atoms with Crippen molar-refractivity contribution in [1.29, 1.82) is 0 Å². The molecule has 3 amide bonds. The largest absolute Gasteiger partial charge is 0.480 e. The van der Waals surface area contributed by atoms with Crippen LogP contribution < -0.4 is 5.32 Å². The van der Waals surface area contributed by atoms with Crippen molar-refractivity contribution >= 4 is 23.7 Å². The molecule has 2 bridgehead atoms. The fourth-order valence-corrected chi connectivity index (χ4v) is 4.17. The summed E-state index contributed by atoms with van der Waals surface area (Å²) in [5.41, 5.74) is 0. The number of fused-ring (bicyclic) bond motifs is 5. The molecule has 0 aromatic carbocycles. The van der Waals surface area contributed by atoms with E-state index in [-0.39, 0.29) is 42.9 Å². The van der Waals surface area contributed by atoms with E-state index in [1.54, 1.807) is 0 Å². The van der Waals surface area contributed by atoms with E-state index >= 15 is 0 Å². The number of imide groups is 1. The number of carbonyl (C=O) groups is 4. The highest BCUT2D eigenvalue weighted by atomic mass is 16.5. The molecule has 3 heterocycles. The summed E-state index contributed by atoms with van der Waals surface area (Å²) >= 11 is 0. The Labute approximate surface area is 145 Å². The molecule has 5 unspecified atom stereocenters. The normalized spacial score (nSPS) is 31.6. The number of aliphatic carboxylic acids is 1. The number of amides is 3. The maximum absolute atomic E-state index is 12.5. The first-order valence-electron chi connectivity index (χ1n) is 8.82. The SMILES string of the molecule is CC(C)CC(NC(=O)CCN1C(=O)C2C3CCC(O3)C2C1=O)C(=O)O. The van der Waals surface area contributed by atoms with Crippen molar-refractivity contribution in [1.82, 2.24) is 10.2 Å². The van der Waals surface area contributed by atoms with Crippen molar-refractivity contribution in [2.45, 2.75) is 57.8 Å². The van der Waals surface area contributed by atoms with Gasteiger partial charge in [-0.1, -0.05) is 13.8 Å².